The van der Waals surface area contributed by atoms with Crippen LogP contribution in [-0.4, -0.2) is 21.5 Å². The molecule has 0 bridgehead atoms. The third-order valence-electron chi connectivity index (χ3n) is 4.25. The molecule has 2 aliphatic rings. The molecule has 5 nitrogen and oxygen atoms in total. The Morgan fingerprint density at radius 2 is 2.11 bits per heavy atom. The van der Waals surface area contributed by atoms with Crippen molar-refractivity contribution in [2.45, 2.75) is 25.3 Å². The van der Waals surface area contributed by atoms with Gasteiger partial charge in [-0.3, -0.25) is 9.72 Å². The zero-order valence-electron chi connectivity index (χ0n) is 10.5. The number of rotatable bonds is 2. The summed E-state index contributed by atoms with van der Waals surface area (Å²) in [6.45, 7) is 0. The predicted octanol–water partition coefficient (Wildman–Crippen LogP) is 2.25. The number of hydrogen-bond donors (Lipinski definition) is 2. The molecule has 5 heteroatoms. The molecule has 4 rings (SSSR count). The van der Waals surface area contributed by atoms with E-state index in [1.807, 2.05) is 28.8 Å². The number of fused-ring (bicyclic) bond motifs is 2. The van der Waals surface area contributed by atoms with E-state index in [1.54, 1.807) is 6.20 Å². The van der Waals surface area contributed by atoms with Gasteiger partial charge in [0.25, 0.3) is 0 Å². The Balaban J connectivity index is 1.45. The molecular weight excluding hydrogens is 240 g/mol. The molecule has 2 atom stereocenters. The van der Waals surface area contributed by atoms with E-state index in [-0.39, 0.29) is 6.03 Å². The molecule has 2 unspecified atom stereocenters. The van der Waals surface area contributed by atoms with Crippen LogP contribution in [0.25, 0.3) is 5.65 Å². The fourth-order valence-corrected chi connectivity index (χ4v) is 3.22. The SMILES string of the molecule is O=C(Nc1cccc2nccn12)NC1CC2CC2C1. The summed E-state index contributed by atoms with van der Waals surface area (Å²) < 4.78 is 1.87. The maximum Gasteiger partial charge on any atom is 0.320 e. The molecule has 0 saturated heterocycles. The summed E-state index contributed by atoms with van der Waals surface area (Å²) in [5.41, 5.74) is 0.833. The minimum absolute atomic E-state index is 0.118. The second-order valence-electron chi connectivity index (χ2n) is 5.59. The number of imidazole rings is 1. The van der Waals surface area contributed by atoms with Crippen LogP contribution >= 0.6 is 0 Å². The van der Waals surface area contributed by atoms with Gasteiger partial charge in [0.15, 0.2) is 0 Å². The zero-order valence-corrected chi connectivity index (χ0v) is 10.5. The fourth-order valence-electron chi connectivity index (χ4n) is 3.22. The van der Waals surface area contributed by atoms with Crippen LogP contribution in [0.5, 0.6) is 0 Å². The summed E-state index contributed by atoms with van der Waals surface area (Å²) in [5.74, 6) is 2.50. The highest BCUT2D eigenvalue weighted by molar-refractivity contribution is 5.89. The molecule has 98 valence electrons. The molecule has 2 fully saturated rings. The lowest BCUT2D eigenvalue weighted by atomic mass is 10.2. The molecule has 19 heavy (non-hydrogen) atoms. The van der Waals surface area contributed by atoms with Gasteiger partial charge in [0.2, 0.25) is 0 Å². The van der Waals surface area contributed by atoms with Crippen LogP contribution in [0.15, 0.2) is 30.6 Å². The average Bonchev–Trinajstić information content (AvgIpc) is 2.83. The molecule has 0 radical (unpaired) electrons. The van der Waals surface area contributed by atoms with Gasteiger partial charge in [0, 0.05) is 18.4 Å². The van der Waals surface area contributed by atoms with E-state index in [1.165, 1.54) is 6.42 Å². The normalized spacial score (nSPS) is 28.1. The van der Waals surface area contributed by atoms with E-state index in [0.717, 1.165) is 36.1 Å². The van der Waals surface area contributed by atoms with Crippen molar-refractivity contribution >= 4 is 17.5 Å². The topological polar surface area (TPSA) is 58.4 Å². The van der Waals surface area contributed by atoms with Crippen LogP contribution in [0.2, 0.25) is 0 Å². The smallest absolute Gasteiger partial charge is 0.320 e. The van der Waals surface area contributed by atoms with Crippen molar-refractivity contribution in [2.75, 3.05) is 5.32 Å². The molecule has 0 spiro atoms. The van der Waals surface area contributed by atoms with Crippen molar-refractivity contribution < 1.29 is 4.79 Å². The summed E-state index contributed by atoms with van der Waals surface area (Å²) >= 11 is 0. The Hall–Kier alpha value is -2.04. The van der Waals surface area contributed by atoms with E-state index in [4.69, 9.17) is 0 Å². The van der Waals surface area contributed by atoms with Crippen LogP contribution in [0.3, 0.4) is 0 Å². The zero-order chi connectivity index (χ0) is 12.8. The summed E-state index contributed by atoms with van der Waals surface area (Å²) in [6, 6.07) is 5.91. The number of aromatic nitrogens is 2. The van der Waals surface area contributed by atoms with Crippen LogP contribution in [-0.2, 0) is 0 Å². The Morgan fingerprint density at radius 1 is 1.26 bits per heavy atom. The van der Waals surface area contributed by atoms with Crippen molar-refractivity contribution in [2.24, 2.45) is 11.8 Å². The maximum atomic E-state index is 12.0. The van der Waals surface area contributed by atoms with E-state index < -0.39 is 0 Å². The lowest BCUT2D eigenvalue weighted by Crippen LogP contribution is -2.37. The number of anilines is 1. The van der Waals surface area contributed by atoms with Crippen LogP contribution in [0, 0.1) is 11.8 Å². The first-order valence-corrected chi connectivity index (χ1v) is 6.79. The van der Waals surface area contributed by atoms with E-state index in [2.05, 4.69) is 15.6 Å². The molecular formula is C14H16N4O. The van der Waals surface area contributed by atoms with Gasteiger partial charge in [0.05, 0.1) is 0 Å². The number of carbonyl (C=O) groups is 1. The van der Waals surface area contributed by atoms with Crippen molar-refractivity contribution in [1.82, 2.24) is 14.7 Å². The quantitative estimate of drug-likeness (QED) is 0.865. The highest BCUT2D eigenvalue weighted by Gasteiger charge is 2.46. The summed E-state index contributed by atoms with van der Waals surface area (Å²) in [7, 11) is 0. The van der Waals surface area contributed by atoms with E-state index in [9.17, 15) is 4.79 Å². The lowest BCUT2D eigenvalue weighted by molar-refractivity contribution is 0.247. The molecule has 2 aromatic rings. The van der Waals surface area contributed by atoms with Gasteiger partial charge in [-0.05, 0) is 43.2 Å². The van der Waals surface area contributed by atoms with Gasteiger partial charge >= 0.3 is 6.03 Å². The van der Waals surface area contributed by atoms with Crippen LogP contribution in [0.4, 0.5) is 10.6 Å². The number of amides is 2. The molecule has 2 amide bonds. The fraction of sp³-hybridized carbons (Fsp3) is 0.429. The summed E-state index contributed by atoms with van der Waals surface area (Å²) in [4.78, 5) is 16.2. The predicted molar refractivity (Wildman–Crippen MR) is 72.0 cm³/mol. The number of pyridine rings is 1. The average molecular weight is 256 g/mol. The van der Waals surface area contributed by atoms with Gasteiger partial charge in [-0.2, -0.15) is 0 Å². The third kappa shape index (κ3) is 1.95. The Kier molecular flexibility index (Phi) is 2.27. The standard InChI is InChI=1S/C14H16N4O/c19-14(16-11-7-9-6-10(9)8-11)17-13-3-1-2-12-15-4-5-18(12)13/h1-5,9-11H,6-8H2,(H2,16,17,19). The third-order valence-corrected chi connectivity index (χ3v) is 4.25. The minimum Gasteiger partial charge on any atom is -0.335 e. The maximum absolute atomic E-state index is 12.0. The number of nitrogens with zero attached hydrogens (tertiary/aromatic N) is 2. The van der Waals surface area contributed by atoms with E-state index >= 15 is 0 Å². The molecule has 2 saturated carbocycles. The molecule has 0 aromatic carbocycles. The van der Waals surface area contributed by atoms with Crippen LogP contribution in [0.1, 0.15) is 19.3 Å². The number of carbonyl (C=O) groups excluding carboxylic acids is 1. The number of urea groups is 1. The Bertz CT molecular complexity index is 625. The molecule has 2 aromatic heterocycles. The van der Waals surface area contributed by atoms with Crippen molar-refractivity contribution in [3.05, 3.63) is 30.6 Å². The van der Waals surface area contributed by atoms with Gasteiger partial charge in [-0.15, -0.1) is 0 Å². The highest BCUT2D eigenvalue weighted by atomic mass is 16.2. The van der Waals surface area contributed by atoms with Gasteiger partial charge in [-0.25, -0.2) is 9.78 Å². The van der Waals surface area contributed by atoms with Crippen molar-refractivity contribution in [3.63, 3.8) is 0 Å². The molecule has 2 aliphatic carbocycles. The monoisotopic (exact) mass is 256 g/mol. The van der Waals surface area contributed by atoms with Gasteiger partial charge in [-0.1, -0.05) is 6.07 Å². The summed E-state index contributed by atoms with van der Waals surface area (Å²) in [5, 5.41) is 5.96. The molecule has 2 heterocycles. The Morgan fingerprint density at radius 3 is 2.95 bits per heavy atom. The second-order valence-corrected chi connectivity index (χ2v) is 5.59. The number of nitrogens with one attached hydrogen (secondary N) is 2. The first-order valence-electron chi connectivity index (χ1n) is 6.79. The van der Waals surface area contributed by atoms with Crippen molar-refractivity contribution in [1.29, 1.82) is 0 Å². The highest BCUT2D eigenvalue weighted by Crippen LogP contribution is 2.51. The minimum atomic E-state index is -0.118. The number of hydrogen-bond acceptors (Lipinski definition) is 2. The van der Waals surface area contributed by atoms with Crippen molar-refractivity contribution in [3.8, 4) is 0 Å². The van der Waals surface area contributed by atoms with Gasteiger partial charge in [0.1, 0.15) is 11.5 Å². The van der Waals surface area contributed by atoms with Crippen LogP contribution < -0.4 is 10.6 Å². The lowest BCUT2D eigenvalue weighted by Gasteiger charge is -2.15. The Labute approximate surface area is 111 Å². The van der Waals surface area contributed by atoms with Gasteiger partial charge < -0.3 is 5.32 Å². The first kappa shape index (κ1) is 10.8. The molecule has 2 N–H and O–H groups in total. The molecule has 0 aliphatic heterocycles. The van der Waals surface area contributed by atoms with E-state index in [0.29, 0.717) is 6.04 Å². The largest absolute Gasteiger partial charge is 0.335 e. The first-order chi connectivity index (χ1) is 9.29. The summed E-state index contributed by atoms with van der Waals surface area (Å²) in [6.07, 6.45) is 7.23. The second kappa shape index (κ2) is 3.98.